The van der Waals surface area contributed by atoms with Crippen LogP contribution in [0.4, 0.5) is 0 Å². The first-order valence-electron chi connectivity index (χ1n) is 6.77. The van der Waals surface area contributed by atoms with Crippen molar-refractivity contribution in [3.05, 3.63) is 45.1 Å². The highest BCUT2D eigenvalue weighted by atomic mass is 79.9. The lowest BCUT2D eigenvalue weighted by Gasteiger charge is -2.21. The number of aryl methyl sites for hydroxylation is 1. The molecule has 3 rings (SSSR count). The van der Waals surface area contributed by atoms with Crippen LogP contribution in [0.25, 0.3) is 0 Å². The maximum Gasteiger partial charge on any atom is 0.371 e. The number of aromatic carboxylic acids is 1. The van der Waals surface area contributed by atoms with Gasteiger partial charge in [0.15, 0.2) is 0 Å². The number of carbonyl (C=O) groups is 1. The van der Waals surface area contributed by atoms with Crippen molar-refractivity contribution < 1.29 is 23.8 Å². The third-order valence-corrected chi connectivity index (χ3v) is 4.43. The van der Waals surface area contributed by atoms with Gasteiger partial charge in [-0.05, 0) is 60.0 Å². The van der Waals surface area contributed by atoms with Crippen molar-refractivity contribution in [3.63, 3.8) is 0 Å². The first-order valence-corrected chi connectivity index (χ1v) is 7.56. The number of benzene rings is 1. The summed E-state index contributed by atoms with van der Waals surface area (Å²) in [4.78, 5) is 10.9. The Hall–Kier alpha value is -1.79. The molecule has 0 saturated heterocycles. The maximum absolute atomic E-state index is 10.9. The van der Waals surface area contributed by atoms with E-state index in [2.05, 4.69) is 15.9 Å². The Morgan fingerprint density at radius 3 is 2.77 bits per heavy atom. The molecule has 0 unspecified atom stereocenters. The molecule has 6 heteroatoms. The van der Waals surface area contributed by atoms with Gasteiger partial charge in [-0.2, -0.15) is 0 Å². The molecule has 0 bridgehead atoms. The normalized spacial score (nSPS) is 15.6. The average molecular weight is 367 g/mol. The Morgan fingerprint density at radius 2 is 2.14 bits per heavy atom. The lowest BCUT2D eigenvalue weighted by molar-refractivity contribution is -0.00832. The molecule has 0 saturated carbocycles. The van der Waals surface area contributed by atoms with Crippen molar-refractivity contribution in [3.8, 4) is 11.7 Å². The second-order valence-electron chi connectivity index (χ2n) is 5.70. The number of furan rings is 1. The van der Waals surface area contributed by atoms with Gasteiger partial charge in [0.2, 0.25) is 5.76 Å². The SMILES string of the molecule is Cc1cc2c(c(Br)c1Oc1ccc(C(=O)O)o1)C(C)(C)OC2. The van der Waals surface area contributed by atoms with Crippen molar-refractivity contribution in [1.29, 1.82) is 0 Å². The molecule has 0 aliphatic carbocycles. The molecule has 116 valence electrons. The Morgan fingerprint density at radius 1 is 1.41 bits per heavy atom. The van der Waals surface area contributed by atoms with Gasteiger partial charge in [0.25, 0.3) is 5.95 Å². The molecule has 1 aliphatic heterocycles. The standard InChI is InChI=1S/C16H15BrO5/c1-8-6-9-7-20-16(2,3)12(9)13(17)14(8)22-11-5-4-10(21-11)15(18)19/h4-6H,7H2,1-3H3,(H,18,19). The zero-order valence-corrected chi connectivity index (χ0v) is 14.0. The molecule has 0 spiro atoms. The van der Waals surface area contributed by atoms with Gasteiger partial charge < -0.3 is 19.0 Å². The van der Waals surface area contributed by atoms with Gasteiger partial charge in [0.05, 0.1) is 16.7 Å². The highest BCUT2D eigenvalue weighted by Crippen LogP contribution is 2.47. The zero-order chi connectivity index (χ0) is 16.1. The Bertz CT molecular complexity index is 760. The van der Waals surface area contributed by atoms with Crippen LogP contribution >= 0.6 is 15.9 Å². The summed E-state index contributed by atoms with van der Waals surface area (Å²) in [5, 5.41) is 8.89. The lowest BCUT2D eigenvalue weighted by Crippen LogP contribution is -2.15. The summed E-state index contributed by atoms with van der Waals surface area (Å²) in [5.41, 5.74) is 2.67. The van der Waals surface area contributed by atoms with E-state index in [0.717, 1.165) is 21.2 Å². The molecule has 2 heterocycles. The van der Waals surface area contributed by atoms with Gasteiger partial charge in [-0.15, -0.1) is 0 Å². The molecular weight excluding hydrogens is 352 g/mol. The fourth-order valence-corrected chi connectivity index (χ4v) is 3.76. The topological polar surface area (TPSA) is 68.9 Å². The van der Waals surface area contributed by atoms with E-state index in [1.807, 2.05) is 26.8 Å². The number of halogens is 1. The van der Waals surface area contributed by atoms with Crippen LogP contribution in [0.2, 0.25) is 0 Å². The Kier molecular flexibility index (Phi) is 3.53. The van der Waals surface area contributed by atoms with E-state index in [1.54, 1.807) is 0 Å². The van der Waals surface area contributed by atoms with Crippen LogP contribution in [0.5, 0.6) is 11.7 Å². The van der Waals surface area contributed by atoms with Crippen molar-refractivity contribution in [2.45, 2.75) is 33.0 Å². The maximum atomic E-state index is 10.9. The highest BCUT2D eigenvalue weighted by Gasteiger charge is 2.35. The molecule has 1 aliphatic rings. The molecule has 0 amide bonds. The monoisotopic (exact) mass is 366 g/mol. The third kappa shape index (κ3) is 2.42. The number of hydrogen-bond acceptors (Lipinski definition) is 4. The number of carboxylic acid groups (broad SMARTS) is 1. The van der Waals surface area contributed by atoms with Gasteiger partial charge in [-0.25, -0.2) is 4.79 Å². The molecule has 1 aromatic carbocycles. The molecule has 1 aromatic heterocycles. The quantitative estimate of drug-likeness (QED) is 0.858. The van der Waals surface area contributed by atoms with Crippen LogP contribution in [0.1, 0.15) is 41.1 Å². The average Bonchev–Trinajstić information content (AvgIpc) is 2.99. The minimum absolute atomic E-state index is 0.137. The molecule has 0 atom stereocenters. The molecule has 2 aromatic rings. The fraction of sp³-hybridized carbons (Fsp3) is 0.312. The van der Waals surface area contributed by atoms with E-state index in [1.165, 1.54) is 12.1 Å². The van der Waals surface area contributed by atoms with Crippen LogP contribution in [-0.2, 0) is 16.9 Å². The van der Waals surface area contributed by atoms with Crippen molar-refractivity contribution >= 4 is 21.9 Å². The summed E-state index contributed by atoms with van der Waals surface area (Å²) in [7, 11) is 0. The first kappa shape index (κ1) is 15.1. The fourth-order valence-electron chi connectivity index (χ4n) is 2.64. The van der Waals surface area contributed by atoms with Crippen LogP contribution in [-0.4, -0.2) is 11.1 Å². The van der Waals surface area contributed by atoms with Crippen molar-refractivity contribution in [2.24, 2.45) is 0 Å². The van der Waals surface area contributed by atoms with E-state index >= 15 is 0 Å². The second kappa shape index (κ2) is 5.14. The number of hydrogen-bond donors (Lipinski definition) is 1. The van der Waals surface area contributed by atoms with Crippen molar-refractivity contribution in [2.75, 3.05) is 0 Å². The summed E-state index contributed by atoms with van der Waals surface area (Å²) < 4.78 is 17.5. The minimum atomic E-state index is -1.13. The molecule has 22 heavy (non-hydrogen) atoms. The van der Waals surface area contributed by atoms with E-state index in [0.29, 0.717) is 12.4 Å². The lowest BCUT2D eigenvalue weighted by atomic mass is 9.94. The predicted molar refractivity (Wildman–Crippen MR) is 82.4 cm³/mol. The Balaban J connectivity index is 2.02. The molecule has 0 radical (unpaired) electrons. The second-order valence-corrected chi connectivity index (χ2v) is 6.49. The van der Waals surface area contributed by atoms with Crippen LogP contribution < -0.4 is 4.74 Å². The number of fused-ring (bicyclic) bond motifs is 1. The largest absolute Gasteiger partial charge is 0.475 e. The number of carboxylic acids is 1. The van der Waals surface area contributed by atoms with E-state index < -0.39 is 11.6 Å². The smallest absolute Gasteiger partial charge is 0.371 e. The molecular formula is C16H15BrO5. The van der Waals surface area contributed by atoms with Crippen LogP contribution in [0.3, 0.4) is 0 Å². The summed E-state index contributed by atoms with van der Waals surface area (Å²) in [6, 6.07) is 4.87. The van der Waals surface area contributed by atoms with E-state index in [-0.39, 0.29) is 11.7 Å². The van der Waals surface area contributed by atoms with Crippen molar-refractivity contribution in [1.82, 2.24) is 0 Å². The van der Waals surface area contributed by atoms with Gasteiger partial charge in [0.1, 0.15) is 5.75 Å². The van der Waals surface area contributed by atoms with Crippen LogP contribution in [0, 0.1) is 6.92 Å². The minimum Gasteiger partial charge on any atom is -0.475 e. The number of rotatable bonds is 3. The van der Waals surface area contributed by atoms with E-state index in [4.69, 9.17) is 19.0 Å². The third-order valence-electron chi connectivity index (χ3n) is 3.67. The van der Waals surface area contributed by atoms with Gasteiger partial charge >= 0.3 is 5.97 Å². The summed E-state index contributed by atoms with van der Waals surface area (Å²) >= 11 is 3.59. The predicted octanol–water partition coefficient (Wildman–Crippen LogP) is 4.61. The number of ether oxygens (including phenoxy) is 2. The molecule has 5 nitrogen and oxygen atoms in total. The van der Waals surface area contributed by atoms with Gasteiger partial charge in [0, 0.05) is 11.6 Å². The summed E-state index contributed by atoms with van der Waals surface area (Å²) in [6.07, 6.45) is 0. The van der Waals surface area contributed by atoms with E-state index in [9.17, 15) is 4.79 Å². The zero-order valence-electron chi connectivity index (χ0n) is 12.4. The Labute approximate surface area is 136 Å². The first-order chi connectivity index (χ1) is 10.3. The highest BCUT2D eigenvalue weighted by molar-refractivity contribution is 9.10. The van der Waals surface area contributed by atoms with Crippen LogP contribution in [0.15, 0.2) is 27.1 Å². The van der Waals surface area contributed by atoms with Gasteiger partial charge in [-0.3, -0.25) is 0 Å². The summed E-state index contributed by atoms with van der Waals surface area (Å²) in [6.45, 7) is 6.48. The summed E-state index contributed by atoms with van der Waals surface area (Å²) in [5.74, 6) is -0.552. The van der Waals surface area contributed by atoms with Gasteiger partial charge in [-0.1, -0.05) is 0 Å². The molecule has 0 fully saturated rings. The molecule has 1 N–H and O–H groups in total.